The lowest BCUT2D eigenvalue weighted by atomic mass is 10.1. The Hall–Kier alpha value is -3.36. The van der Waals surface area contributed by atoms with Crippen LogP contribution in [0.15, 0.2) is 60.2 Å². The highest BCUT2D eigenvalue weighted by molar-refractivity contribution is 7.12. The number of carbonyl (C=O) groups excluding carboxylic acids is 1. The molecule has 0 atom stereocenters. The normalized spacial score (nSPS) is 15.0. The van der Waals surface area contributed by atoms with Crippen molar-refractivity contribution in [2.75, 3.05) is 25.5 Å². The van der Waals surface area contributed by atoms with Crippen LogP contribution in [0.5, 0.6) is 5.75 Å². The summed E-state index contributed by atoms with van der Waals surface area (Å²) in [4.78, 5) is 19.6. The smallest absolute Gasteiger partial charge is 0.256 e. The number of fused-ring (bicyclic) bond motifs is 1. The Balaban J connectivity index is 1.31. The van der Waals surface area contributed by atoms with Gasteiger partial charge in [-0.05, 0) is 55.6 Å². The Morgan fingerprint density at radius 2 is 2.00 bits per heavy atom. The van der Waals surface area contributed by atoms with Crippen molar-refractivity contribution in [2.24, 2.45) is 0 Å². The van der Waals surface area contributed by atoms with E-state index in [4.69, 9.17) is 4.74 Å². The fraction of sp³-hybridized carbons (Fsp3) is 0.250. The van der Waals surface area contributed by atoms with Crippen LogP contribution in [0.1, 0.15) is 23.2 Å². The number of nitrogens with zero attached hydrogens (tertiary/aromatic N) is 4. The number of piperidine rings is 1. The predicted molar refractivity (Wildman–Crippen MR) is 126 cm³/mol. The number of carbonyl (C=O) groups is 1. The van der Waals surface area contributed by atoms with E-state index in [1.165, 1.54) is 11.3 Å². The van der Waals surface area contributed by atoms with E-state index in [0.717, 1.165) is 53.0 Å². The molecule has 0 spiro atoms. The summed E-state index contributed by atoms with van der Waals surface area (Å²) in [5.41, 5.74) is 3.24. The highest BCUT2D eigenvalue weighted by Gasteiger charge is 2.18. The van der Waals surface area contributed by atoms with Crippen molar-refractivity contribution in [1.29, 1.82) is 0 Å². The number of ether oxygens (including phenoxy) is 1. The number of pyridine rings is 1. The van der Waals surface area contributed by atoms with Gasteiger partial charge >= 0.3 is 0 Å². The van der Waals surface area contributed by atoms with Crippen LogP contribution in [0.25, 0.3) is 21.3 Å². The van der Waals surface area contributed by atoms with E-state index in [1.807, 2.05) is 36.4 Å². The minimum atomic E-state index is -0.217. The Morgan fingerprint density at radius 1 is 1.12 bits per heavy atom. The minimum absolute atomic E-state index is 0.189. The molecule has 0 saturated carbocycles. The van der Waals surface area contributed by atoms with Crippen molar-refractivity contribution < 1.29 is 9.53 Å². The van der Waals surface area contributed by atoms with Gasteiger partial charge in [0.1, 0.15) is 28.2 Å². The molecule has 3 heterocycles. The summed E-state index contributed by atoms with van der Waals surface area (Å²) >= 11 is 1.49. The summed E-state index contributed by atoms with van der Waals surface area (Å²) in [7, 11) is 2.12. The van der Waals surface area contributed by atoms with Gasteiger partial charge in [0.05, 0.1) is 0 Å². The van der Waals surface area contributed by atoms with E-state index < -0.39 is 0 Å². The SMILES string of the molecule is CN1CCC(Oc2cccc(C(=O)Nc3cc4cc(-c5nncs5)ccc4cn3)c2)CC1. The third-order valence-electron chi connectivity index (χ3n) is 5.63. The molecule has 1 amide bonds. The van der Waals surface area contributed by atoms with Crippen LogP contribution in [-0.2, 0) is 0 Å². The Bertz CT molecular complexity index is 1240. The van der Waals surface area contributed by atoms with Crippen molar-refractivity contribution >= 4 is 33.8 Å². The van der Waals surface area contributed by atoms with Gasteiger partial charge in [-0.2, -0.15) is 0 Å². The van der Waals surface area contributed by atoms with Gasteiger partial charge in [0.25, 0.3) is 5.91 Å². The molecule has 1 saturated heterocycles. The van der Waals surface area contributed by atoms with E-state index in [0.29, 0.717) is 11.4 Å². The second-order valence-corrected chi connectivity index (χ2v) is 8.81. The molecule has 1 fully saturated rings. The summed E-state index contributed by atoms with van der Waals surface area (Å²) in [5.74, 6) is 1.00. The highest BCUT2D eigenvalue weighted by atomic mass is 32.1. The van der Waals surface area contributed by atoms with Gasteiger partial charge in [0.15, 0.2) is 0 Å². The lowest BCUT2D eigenvalue weighted by molar-refractivity contribution is 0.102. The zero-order valence-electron chi connectivity index (χ0n) is 17.7. The summed E-state index contributed by atoms with van der Waals surface area (Å²) in [6.45, 7) is 2.05. The standard InChI is InChI=1S/C24H23N5O2S/c1-29-9-7-20(8-10-29)31-21-4-2-3-16(12-21)23(30)27-22-13-19-11-17(24-28-26-15-32-24)5-6-18(19)14-25-22/h2-6,11-15,20H,7-10H2,1H3,(H,25,27,30). The molecule has 1 aliphatic rings. The zero-order chi connectivity index (χ0) is 21.9. The van der Waals surface area contributed by atoms with Gasteiger partial charge < -0.3 is 15.0 Å². The maximum atomic E-state index is 12.9. The number of hydrogen-bond donors (Lipinski definition) is 1. The fourth-order valence-electron chi connectivity index (χ4n) is 3.84. The van der Waals surface area contributed by atoms with E-state index in [9.17, 15) is 4.79 Å². The van der Waals surface area contributed by atoms with E-state index >= 15 is 0 Å². The zero-order valence-corrected chi connectivity index (χ0v) is 18.5. The molecule has 162 valence electrons. The lowest BCUT2D eigenvalue weighted by Gasteiger charge is -2.29. The number of benzene rings is 2. The number of nitrogens with one attached hydrogen (secondary N) is 1. The molecule has 0 radical (unpaired) electrons. The van der Waals surface area contributed by atoms with Crippen molar-refractivity contribution in [1.82, 2.24) is 20.1 Å². The van der Waals surface area contributed by atoms with Gasteiger partial charge in [-0.25, -0.2) is 4.98 Å². The average molecular weight is 446 g/mol. The van der Waals surface area contributed by atoms with Gasteiger partial charge in [-0.1, -0.05) is 29.5 Å². The molecule has 8 heteroatoms. The van der Waals surface area contributed by atoms with Crippen LogP contribution in [0.3, 0.4) is 0 Å². The van der Waals surface area contributed by atoms with E-state index in [-0.39, 0.29) is 12.0 Å². The van der Waals surface area contributed by atoms with Crippen LogP contribution in [0, 0.1) is 0 Å². The van der Waals surface area contributed by atoms with Crippen molar-refractivity contribution in [3.8, 4) is 16.3 Å². The molecule has 1 aliphatic heterocycles. The quantitative estimate of drug-likeness (QED) is 0.488. The van der Waals surface area contributed by atoms with Crippen LogP contribution >= 0.6 is 11.3 Å². The Labute approximate surface area is 190 Å². The number of rotatable bonds is 5. The van der Waals surface area contributed by atoms with Gasteiger partial charge in [-0.15, -0.1) is 10.2 Å². The third kappa shape index (κ3) is 4.61. The lowest BCUT2D eigenvalue weighted by Crippen LogP contribution is -2.35. The number of likely N-dealkylation sites (tertiary alicyclic amines) is 1. The first-order valence-electron chi connectivity index (χ1n) is 10.6. The van der Waals surface area contributed by atoms with Crippen LogP contribution in [-0.4, -0.2) is 52.2 Å². The predicted octanol–water partition coefficient (Wildman–Crippen LogP) is 4.48. The molecule has 2 aromatic carbocycles. The van der Waals surface area contributed by atoms with Crippen LogP contribution < -0.4 is 10.1 Å². The molecule has 7 nitrogen and oxygen atoms in total. The second kappa shape index (κ2) is 9.02. The second-order valence-electron chi connectivity index (χ2n) is 7.98. The third-order valence-corrected chi connectivity index (χ3v) is 6.38. The monoisotopic (exact) mass is 445 g/mol. The van der Waals surface area contributed by atoms with Crippen molar-refractivity contribution in [3.05, 3.63) is 65.8 Å². The molecule has 0 aliphatic carbocycles. The van der Waals surface area contributed by atoms with E-state index in [1.54, 1.807) is 23.8 Å². The minimum Gasteiger partial charge on any atom is -0.490 e. The van der Waals surface area contributed by atoms with Gasteiger partial charge in [0.2, 0.25) is 0 Å². The molecule has 2 aromatic heterocycles. The molecule has 0 unspecified atom stereocenters. The number of amides is 1. The molecule has 1 N–H and O–H groups in total. The largest absolute Gasteiger partial charge is 0.490 e. The molecule has 4 aromatic rings. The summed E-state index contributed by atoms with van der Waals surface area (Å²) in [6, 6.07) is 15.2. The number of aromatic nitrogens is 3. The number of anilines is 1. The summed E-state index contributed by atoms with van der Waals surface area (Å²) in [5, 5.41) is 13.8. The maximum absolute atomic E-state index is 12.9. The number of hydrogen-bond acceptors (Lipinski definition) is 7. The Kier molecular flexibility index (Phi) is 5.79. The van der Waals surface area contributed by atoms with Crippen LogP contribution in [0.2, 0.25) is 0 Å². The van der Waals surface area contributed by atoms with Gasteiger partial charge in [-0.3, -0.25) is 4.79 Å². The first-order chi connectivity index (χ1) is 15.6. The fourth-order valence-corrected chi connectivity index (χ4v) is 4.39. The molecular formula is C24H23N5O2S. The van der Waals surface area contributed by atoms with Crippen molar-refractivity contribution in [2.45, 2.75) is 18.9 Å². The first-order valence-corrected chi connectivity index (χ1v) is 11.4. The van der Waals surface area contributed by atoms with Crippen molar-refractivity contribution in [3.63, 3.8) is 0 Å². The topological polar surface area (TPSA) is 80.2 Å². The Morgan fingerprint density at radius 3 is 2.81 bits per heavy atom. The summed E-state index contributed by atoms with van der Waals surface area (Å²) < 4.78 is 6.12. The summed E-state index contributed by atoms with van der Waals surface area (Å²) in [6.07, 6.45) is 3.93. The average Bonchev–Trinajstić information content (AvgIpc) is 3.35. The molecule has 5 rings (SSSR count). The van der Waals surface area contributed by atoms with E-state index in [2.05, 4.69) is 32.4 Å². The highest BCUT2D eigenvalue weighted by Crippen LogP contribution is 2.26. The van der Waals surface area contributed by atoms with Gasteiger partial charge in [0, 0.05) is 35.8 Å². The molecule has 0 bridgehead atoms. The maximum Gasteiger partial charge on any atom is 0.256 e. The first kappa shape index (κ1) is 20.5. The molecule has 32 heavy (non-hydrogen) atoms. The molecular weight excluding hydrogens is 422 g/mol. The van der Waals surface area contributed by atoms with Crippen LogP contribution in [0.4, 0.5) is 5.82 Å².